The van der Waals surface area contributed by atoms with Crippen LogP contribution in [0.1, 0.15) is 52.5 Å². The molecule has 1 saturated carbocycles. The fraction of sp³-hybridized carbons (Fsp3) is 0.571. The maximum Gasteiger partial charge on any atom is 0.407 e. The SMILES string of the molecule is CC(C)NC(=O)C(Oc1ccc(C#N)cc1)C1CCCC1NC(=O)OC(C)C. The highest BCUT2D eigenvalue weighted by molar-refractivity contribution is 5.82. The average Bonchev–Trinajstić information content (AvgIpc) is 3.06. The Bertz CT molecular complexity index is 709. The molecule has 7 nitrogen and oxygen atoms in total. The van der Waals surface area contributed by atoms with E-state index in [9.17, 15) is 9.59 Å². The molecule has 7 heteroatoms. The topological polar surface area (TPSA) is 100 Å². The second-order valence-corrected chi connectivity index (χ2v) is 7.64. The molecule has 0 aliphatic heterocycles. The van der Waals surface area contributed by atoms with Crippen LogP contribution in [0.2, 0.25) is 0 Å². The molecule has 0 bridgehead atoms. The van der Waals surface area contributed by atoms with Gasteiger partial charge in [0.25, 0.3) is 5.91 Å². The van der Waals surface area contributed by atoms with Crippen molar-refractivity contribution in [3.05, 3.63) is 29.8 Å². The van der Waals surface area contributed by atoms with E-state index in [1.165, 1.54) is 0 Å². The summed E-state index contributed by atoms with van der Waals surface area (Å²) in [6.45, 7) is 7.36. The molecule has 0 radical (unpaired) electrons. The lowest BCUT2D eigenvalue weighted by Gasteiger charge is -2.29. The van der Waals surface area contributed by atoms with Crippen molar-refractivity contribution in [1.82, 2.24) is 10.6 Å². The van der Waals surface area contributed by atoms with Gasteiger partial charge in [-0.1, -0.05) is 6.42 Å². The van der Waals surface area contributed by atoms with Crippen molar-refractivity contribution in [2.75, 3.05) is 0 Å². The number of nitrogens with one attached hydrogen (secondary N) is 2. The van der Waals surface area contributed by atoms with Crippen LogP contribution in [-0.2, 0) is 9.53 Å². The van der Waals surface area contributed by atoms with E-state index in [0.717, 1.165) is 19.3 Å². The molecule has 1 aromatic carbocycles. The molecule has 0 spiro atoms. The van der Waals surface area contributed by atoms with E-state index in [0.29, 0.717) is 11.3 Å². The minimum absolute atomic E-state index is 0.0294. The monoisotopic (exact) mass is 387 g/mol. The van der Waals surface area contributed by atoms with Gasteiger partial charge < -0.3 is 20.1 Å². The standard InChI is InChI=1S/C21H29N3O4/c1-13(2)23-20(25)19(28-16-10-8-15(12-22)9-11-16)17-6-5-7-18(17)24-21(26)27-14(3)4/h8-11,13-14,17-19H,5-7H2,1-4H3,(H,23,25)(H,24,26). The zero-order chi connectivity index (χ0) is 20.7. The Hall–Kier alpha value is -2.75. The number of benzene rings is 1. The average molecular weight is 387 g/mol. The zero-order valence-corrected chi connectivity index (χ0v) is 16.9. The fourth-order valence-electron chi connectivity index (χ4n) is 3.39. The Balaban J connectivity index is 2.17. The van der Waals surface area contributed by atoms with Gasteiger partial charge in [-0.3, -0.25) is 4.79 Å². The van der Waals surface area contributed by atoms with Gasteiger partial charge in [0, 0.05) is 18.0 Å². The first-order chi connectivity index (χ1) is 13.3. The second-order valence-electron chi connectivity index (χ2n) is 7.64. The van der Waals surface area contributed by atoms with Gasteiger partial charge in [-0.2, -0.15) is 5.26 Å². The van der Waals surface area contributed by atoms with Crippen LogP contribution in [0.25, 0.3) is 0 Å². The van der Waals surface area contributed by atoms with Crippen LogP contribution < -0.4 is 15.4 Å². The van der Waals surface area contributed by atoms with Crippen molar-refractivity contribution in [2.45, 2.75) is 71.2 Å². The van der Waals surface area contributed by atoms with Gasteiger partial charge in [0.2, 0.25) is 0 Å². The Kier molecular flexibility index (Phi) is 7.68. The number of ether oxygens (including phenoxy) is 2. The van der Waals surface area contributed by atoms with E-state index in [4.69, 9.17) is 14.7 Å². The number of carbonyl (C=O) groups is 2. The predicted octanol–water partition coefficient (Wildman–Crippen LogP) is 3.13. The smallest absolute Gasteiger partial charge is 0.407 e. The van der Waals surface area contributed by atoms with Crippen LogP contribution in [0.15, 0.2) is 24.3 Å². The van der Waals surface area contributed by atoms with Gasteiger partial charge in [-0.15, -0.1) is 0 Å². The van der Waals surface area contributed by atoms with Crippen molar-refractivity contribution in [1.29, 1.82) is 5.26 Å². The van der Waals surface area contributed by atoms with Crippen molar-refractivity contribution in [3.8, 4) is 11.8 Å². The van der Waals surface area contributed by atoms with E-state index in [1.807, 2.05) is 13.8 Å². The lowest BCUT2D eigenvalue weighted by Crippen LogP contribution is -2.51. The zero-order valence-electron chi connectivity index (χ0n) is 16.9. The summed E-state index contributed by atoms with van der Waals surface area (Å²) in [6.07, 6.45) is 0.976. The third-order valence-electron chi connectivity index (χ3n) is 4.54. The molecule has 2 rings (SSSR count). The normalized spacial score (nSPS) is 19.8. The van der Waals surface area contributed by atoms with E-state index >= 15 is 0 Å². The second kappa shape index (κ2) is 9.98. The van der Waals surface area contributed by atoms with Crippen LogP contribution in [0.3, 0.4) is 0 Å². The molecular formula is C21H29N3O4. The first-order valence-corrected chi connectivity index (χ1v) is 9.74. The van der Waals surface area contributed by atoms with Crippen LogP contribution in [-0.4, -0.2) is 36.3 Å². The molecule has 28 heavy (non-hydrogen) atoms. The Morgan fingerprint density at radius 2 is 1.82 bits per heavy atom. The summed E-state index contributed by atoms with van der Waals surface area (Å²) in [7, 11) is 0. The number of amides is 2. The number of rotatable bonds is 7. The summed E-state index contributed by atoms with van der Waals surface area (Å²) in [5.41, 5.74) is 0.521. The van der Waals surface area contributed by atoms with Gasteiger partial charge in [0.15, 0.2) is 6.10 Å². The summed E-state index contributed by atoms with van der Waals surface area (Å²) in [6, 6.07) is 8.49. The number of hydrogen-bond acceptors (Lipinski definition) is 5. The number of alkyl carbamates (subject to hydrolysis) is 1. The fourth-order valence-corrected chi connectivity index (χ4v) is 3.39. The summed E-state index contributed by atoms with van der Waals surface area (Å²) in [4.78, 5) is 24.9. The lowest BCUT2D eigenvalue weighted by atomic mass is 9.95. The van der Waals surface area contributed by atoms with Crippen LogP contribution >= 0.6 is 0 Å². The largest absolute Gasteiger partial charge is 0.480 e. The summed E-state index contributed by atoms with van der Waals surface area (Å²) in [5, 5.41) is 14.7. The number of hydrogen-bond donors (Lipinski definition) is 2. The molecule has 1 fully saturated rings. The Morgan fingerprint density at radius 1 is 1.14 bits per heavy atom. The van der Waals surface area contributed by atoms with Crippen LogP contribution in [0.4, 0.5) is 4.79 Å². The molecule has 0 heterocycles. The van der Waals surface area contributed by atoms with E-state index in [2.05, 4.69) is 16.7 Å². The Morgan fingerprint density at radius 3 is 2.39 bits per heavy atom. The highest BCUT2D eigenvalue weighted by Crippen LogP contribution is 2.31. The minimum Gasteiger partial charge on any atom is -0.480 e. The van der Waals surface area contributed by atoms with Gasteiger partial charge in [0.05, 0.1) is 17.7 Å². The number of nitrogens with zero attached hydrogens (tertiary/aromatic N) is 1. The maximum absolute atomic E-state index is 12.8. The van der Waals surface area contributed by atoms with Crippen LogP contribution in [0, 0.1) is 17.2 Å². The number of nitriles is 1. The highest BCUT2D eigenvalue weighted by atomic mass is 16.6. The van der Waals surface area contributed by atoms with Gasteiger partial charge in [-0.05, 0) is 64.8 Å². The van der Waals surface area contributed by atoms with E-state index in [-0.39, 0.29) is 30.0 Å². The van der Waals surface area contributed by atoms with Crippen molar-refractivity contribution in [3.63, 3.8) is 0 Å². The first-order valence-electron chi connectivity index (χ1n) is 9.74. The van der Waals surface area contributed by atoms with Crippen molar-refractivity contribution < 1.29 is 19.1 Å². The first kappa shape index (κ1) is 21.5. The predicted molar refractivity (Wildman–Crippen MR) is 105 cm³/mol. The minimum atomic E-state index is -0.748. The van der Waals surface area contributed by atoms with E-state index in [1.54, 1.807) is 38.1 Å². The molecule has 0 aromatic heterocycles. The van der Waals surface area contributed by atoms with Gasteiger partial charge in [-0.25, -0.2) is 4.79 Å². The number of carbonyl (C=O) groups excluding carboxylic acids is 2. The molecule has 1 aromatic rings. The van der Waals surface area contributed by atoms with Crippen LogP contribution in [0.5, 0.6) is 5.75 Å². The van der Waals surface area contributed by atoms with Crippen molar-refractivity contribution in [2.24, 2.45) is 5.92 Å². The summed E-state index contributed by atoms with van der Waals surface area (Å²) < 4.78 is 11.2. The quantitative estimate of drug-likeness (QED) is 0.749. The molecule has 152 valence electrons. The van der Waals surface area contributed by atoms with Crippen molar-refractivity contribution >= 4 is 12.0 Å². The molecule has 0 saturated heterocycles. The molecule has 3 unspecified atom stereocenters. The maximum atomic E-state index is 12.8. The van der Waals surface area contributed by atoms with Gasteiger partial charge in [0.1, 0.15) is 5.75 Å². The third kappa shape index (κ3) is 6.15. The molecule has 2 amide bonds. The molecule has 1 aliphatic carbocycles. The third-order valence-corrected chi connectivity index (χ3v) is 4.54. The summed E-state index contributed by atoms with van der Waals surface area (Å²) >= 11 is 0. The molecule has 3 atom stereocenters. The molecule has 1 aliphatic rings. The lowest BCUT2D eigenvalue weighted by molar-refractivity contribution is -0.131. The molecular weight excluding hydrogens is 358 g/mol. The Labute approximate surface area is 166 Å². The molecule has 2 N–H and O–H groups in total. The van der Waals surface area contributed by atoms with Gasteiger partial charge >= 0.3 is 6.09 Å². The highest BCUT2D eigenvalue weighted by Gasteiger charge is 2.40. The van der Waals surface area contributed by atoms with E-state index < -0.39 is 12.2 Å². The summed E-state index contributed by atoms with van der Waals surface area (Å²) in [5.74, 6) is 0.128.